The van der Waals surface area contributed by atoms with Crippen molar-refractivity contribution in [2.45, 2.75) is 38.2 Å². The van der Waals surface area contributed by atoms with Gasteiger partial charge in [-0.3, -0.25) is 4.79 Å². The Morgan fingerprint density at radius 3 is 2.70 bits per heavy atom. The predicted molar refractivity (Wildman–Crippen MR) is 92.7 cm³/mol. The molecule has 0 saturated carbocycles. The van der Waals surface area contributed by atoms with Gasteiger partial charge in [0.1, 0.15) is 17.4 Å². The largest absolute Gasteiger partial charge is 0.490 e. The molecule has 1 aromatic heterocycles. The summed E-state index contributed by atoms with van der Waals surface area (Å²) in [6.45, 7) is 2.29. The summed E-state index contributed by atoms with van der Waals surface area (Å²) in [6, 6.07) is 5.57. The number of benzene rings is 1. The van der Waals surface area contributed by atoms with Crippen LogP contribution in [0.25, 0.3) is 0 Å². The first kappa shape index (κ1) is 17.8. The lowest BCUT2D eigenvalue weighted by molar-refractivity contribution is -0.138. The summed E-state index contributed by atoms with van der Waals surface area (Å²) >= 11 is 0. The highest BCUT2D eigenvalue weighted by atomic mass is 19.4. The Labute approximate surface area is 153 Å². The molecule has 0 aliphatic carbocycles. The van der Waals surface area contributed by atoms with Gasteiger partial charge in [-0.2, -0.15) is 18.3 Å². The van der Waals surface area contributed by atoms with Crippen molar-refractivity contribution in [1.82, 2.24) is 15.5 Å². The first-order valence-corrected chi connectivity index (χ1v) is 8.81. The van der Waals surface area contributed by atoms with Crippen molar-refractivity contribution >= 4 is 5.69 Å². The Balaban J connectivity index is 1.63. The Hall–Kier alpha value is -2.55. The van der Waals surface area contributed by atoms with E-state index in [-0.39, 0.29) is 24.9 Å². The molecule has 1 aromatic carbocycles. The second-order valence-corrected chi connectivity index (χ2v) is 6.77. The van der Waals surface area contributed by atoms with Gasteiger partial charge in [0.2, 0.25) is 0 Å². The van der Waals surface area contributed by atoms with Crippen LogP contribution in [0.4, 0.5) is 18.9 Å². The van der Waals surface area contributed by atoms with Crippen molar-refractivity contribution in [3.63, 3.8) is 0 Å². The van der Waals surface area contributed by atoms with Crippen LogP contribution in [0.3, 0.4) is 0 Å². The Morgan fingerprint density at radius 1 is 1.19 bits per heavy atom. The summed E-state index contributed by atoms with van der Waals surface area (Å²) in [6.07, 6.45) is -1.81. The number of anilines is 1. The lowest BCUT2D eigenvalue weighted by atomic mass is 10.1. The fourth-order valence-electron chi connectivity index (χ4n) is 3.67. The van der Waals surface area contributed by atoms with E-state index in [0.717, 1.165) is 43.3 Å². The van der Waals surface area contributed by atoms with Crippen molar-refractivity contribution in [1.29, 1.82) is 0 Å². The third kappa shape index (κ3) is 3.51. The first-order valence-electron chi connectivity index (χ1n) is 8.81. The molecule has 3 heterocycles. The summed E-state index contributed by atoms with van der Waals surface area (Å²) < 4.78 is 46.3. The second-order valence-electron chi connectivity index (χ2n) is 6.77. The number of rotatable bonds is 3. The summed E-state index contributed by atoms with van der Waals surface area (Å²) in [5, 5.41) is 8.71. The molecule has 0 amide bonds. The molecule has 0 radical (unpaired) electrons. The Bertz CT molecular complexity index is 891. The van der Waals surface area contributed by atoms with Crippen LogP contribution in [-0.2, 0) is 19.3 Å². The Kier molecular flexibility index (Phi) is 4.55. The zero-order chi connectivity index (χ0) is 19.0. The average molecular weight is 380 g/mol. The van der Waals surface area contributed by atoms with Crippen LogP contribution in [-0.4, -0.2) is 29.4 Å². The number of hydrogen-bond acceptors (Lipinski definition) is 5. The van der Waals surface area contributed by atoms with Crippen molar-refractivity contribution in [3.05, 3.63) is 51.4 Å². The molecule has 2 N–H and O–H groups in total. The van der Waals surface area contributed by atoms with E-state index in [1.54, 1.807) is 0 Å². The molecule has 2 aliphatic heterocycles. The minimum atomic E-state index is -4.75. The number of aromatic nitrogens is 2. The number of aromatic amines is 1. The third-order valence-electron chi connectivity index (χ3n) is 4.98. The van der Waals surface area contributed by atoms with Crippen LogP contribution in [0.15, 0.2) is 29.2 Å². The smallest absolute Gasteiger partial charge is 0.423 e. The van der Waals surface area contributed by atoms with Gasteiger partial charge in [-0.1, -0.05) is 12.1 Å². The van der Waals surface area contributed by atoms with E-state index in [2.05, 4.69) is 10.4 Å². The van der Waals surface area contributed by atoms with Gasteiger partial charge < -0.3 is 15.0 Å². The maximum absolute atomic E-state index is 13.4. The highest BCUT2D eigenvalue weighted by Crippen LogP contribution is 2.39. The van der Waals surface area contributed by atoms with E-state index in [4.69, 9.17) is 4.74 Å². The van der Waals surface area contributed by atoms with Crippen LogP contribution >= 0.6 is 0 Å². The maximum atomic E-state index is 13.4. The molecule has 1 fully saturated rings. The molecule has 27 heavy (non-hydrogen) atoms. The average Bonchev–Trinajstić information content (AvgIpc) is 3.06. The molecular weight excluding hydrogens is 361 g/mol. The van der Waals surface area contributed by atoms with Crippen molar-refractivity contribution in [2.75, 3.05) is 18.0 Å². The van der Waals surface area contributed by atoms with Crippen molar-refractivity contribution < 1.29 is 17.9 Å². The van der Waals surface area contributed by atoms with E-state index < -0.39 is 17.3 Å². The van der Waals surface area contributed by atoms with E-state index in [1.807, 2.05) is 23.3 Å². The molecule has 144 valence electrons. The summed E-state index contributed by atoms with van der Waals surface area (Å²) in [5.41, 5.74) is -0.900. The number of H-pyrrole nitrogens is 1. The van der Waals surface area contributed by atoms with Crippen LogP contribution in [0.2, 0.25) is 0 Å². The molecule has 0 unspecified atom stereocenters. The molecule has 2 aromatic rings. The quantitative estimate of drug-likeness (QED) is 0.856. The van der Waals surface area contributed by atoms with Gasteiger partial charge in [-0.15, -0.1) is 0 Å². The number of hydrogen-bond donors (Lipinski definition) is 2. The zero-order valence-electron chi connectivity index (χ0n) is 14.5. The number of alkyl halides is 3. The number of nitrogens with zero attached hydrogens (tertiary/aromatic N) is 2. The fourth-order valence-corrected chi connectivity index (χ4v) is 3.67. The first-order chi connectivity index (χ1) is 12.9. The summed E-state index contributed by atoms with van der Waals surface area (Å²) in [5.74, 6) is 0.702. The predicted octanol–water partition coefficient (Wildman–Crippen LogP) is 2.44. The van der Waals surface area contributed by atoms with Gasteiger partial charge in [-0.05, 0) is 37.6 Å². The molecule has 0 spiro atoms. The monoisotopic (exact) mass is 380 g/mol. The fraction of sp³-hybridized carbons (Fsp3) is 0.444. The SMILES string of the molecule is O=c1[nH]ncc(N2Cc3cccc(OC4CCNCC4)c3C2)c1C(F)(F)F. The summed E-state index contributed by atoms with van der Waals surface area (Å²) in [7, 11) is 0. The standard InChI is InChI=1S/C18H19F3N4O2/c19-18(20,21)16-14(8-23-24-17(16)26)25-9-11-2-1-3-15(13(11)10-25)27-12-4-6-22-7-5-12/h1-3,8,12,22H,4-7,9-10H2,(H,24,26). The van der Waals surface area contributed by atoms with Crippen molar-refractivity contribution in [3.8, 4) is 5.75 Å². The second kappa shape index (κ2) is 6.88. The normalized spacial score (nSPS) is 17.8. The number of halogens is 3. The molecule has 0 bridgehead atoms. The number of nitrogens with one attached hydrogen (secondary N) is 2. The van der Waals surface area contributed by atoms with Crippen LogP contribution in [0.5, 0.6) is 5.75 Å². The topological polar surface area (TPSA) is 70.2 Å². The van der Waals surface area contributed by atoms with E-state index in [9.17, 15) is 18.0 Å². The molecule has 4 rings (SSSR count). The highest BCUT2D eigenvalue weighted by Gasteiger charge is 2.40. The van der Waals surface area contributed by atoms with Crippen molar-refractivity contribution in [2.24, 2.45) is 0 Å². The molecule has 1 saturated heterocycles. The lowest BCUT2D eigenvalue weighted by Gasteiger charge is -2.25. The molecule has 9 heteroatoms. The van der Waals surface area contributed by atoms with Gasteiger partial charge >= 0.3 is 6.18 Å². The zero-order valence-corrected chi connectivity index (χ0v) is 14.5. The van der Waals surface area contributed by atoms with Gasteiger partial charge in [0.15, 0.2) is 0 Å². The van der Waals surface area contributed by atoms with Gasteiger partial charge in [-0.25, -0.2) is 5.10 Å². The Morgan fingerprint density at radius 2 is 1.96 bits per heavy atom. The van der Waals surface area contributed by atoms with Crippen LogP contribution in [0.1, 0.15) is 29.5 Å². The number of piperidine rings is 1. The molecule has 2 aliphatic rings. The maximum Gasteiger partial charge on any atom is 0.423 e. The highest BCUT2D eigenvalue weighted by molar-refractivity contribution is 5.58. The van der Waals surface area contributed by atoms with E-state index in [1.165, 1.54) is 4.90 Å². The lowest BCUT2D eigenvalue weighted by Crippen LogP contribution is -2.34. The van der Waals surface area contributed by atoms with Crippen LogP contribution < -0.4 is 20.5 Å². The van der Waals surface area contributed by atoms with Gasteiger partial charge in [0.05, 0.1) is 11.9 Å². The van der Waals surface area contributed by atoms with Crippen LogP contribution in [0, 0.1) is 0 Å². The van der Waals surface area contributed by atoms with E-state index >= 15 is 0 Å². The van der Waals surface area contributed by atoms with E-state index in [0.29, 0.717) is 5.75 Å². The summed E-state index contributed by atoms with van der Waals surface area (Å²) in [4.78, 5) is 13.3. The molecule has 0 atom stereocenters. The third-order valence-corrected chi connectivity index (χ3v) is 4.98. The number of ether oxygens (including phenoxy) is 1. The minimum Gasteiger partial charge on any atom is -0.490 e. The minimum absolute atomic E-state index is 0.0961. The van der Waals surface area contributed by atoms with Gasteiger partial charge in [0.25, 0.3) is 5.56 Å². The molecule has 6 nitrogen and oxygen atoms in total. The number of fused-ring (bicyclic) bond motifs is 1. The van der Waals surface area contributed by atoms with Gasteiger partial charge in [0, 0.05) is 18.7 Å². The molecular formula is C18H19F3N4O2.